The van der Waals surface area contributed by atoms with E-state index in [1.165, 1.54) is 12.8 Å². The number of carboxylic acid groups (broad SMARTS) is 1. The molecule has 0 aromatic heterocycles. The quantitative estimate of drug-likeness (QED) is 0.648. The molecular formula is C19H21NO7S. The summed E-state index contributed by atoms with van der Waals surface area (Å²) < 4.78 is 37.6. The molecule has 2 aliphatic heterocycles. The molecule has 0 spiro atoms. The highest BCUT2D eigenvalue weighted by molar-refractivity contribution is 7.79. The molecule has 0 radical (unpaired) electrons. The SMILES string of the molecule is Cc1cc(N2CCCC2)cc2c1C(C(=O)O)c1ccccc1O2.O=S(=O)(O)O. The zero-order valence-electron chi connectivity index (χ0n) is 15.2. The van der Waals surface area contributed by atoms with Gasteiger partial charge in [-0.1, -0.05) is 18.2 Å². The Morgan fingerprint density at radius 1 is 1.11 bits per heavy atom. The molecular weight excluding hydrogens is 386 g/mol. The first-order valence-electron chi connectivity index (χ1n) is 8.74. The van der Waals surface area contributed by atoms with Crippen LogP contribution in [0.15, 0.2) is 36.4 Å². The van der Waals surface area contributed by atoms with Crippen molar-refractivity contribution in [3.63, 3.8) is 0 Å². The Kier molecular flexibility index (Phi) is 5.59. The maximum absolute atomic E-state index is 11.9. The van der Waals surface area contributed by atoms with Gasteiger partial charge < -0.3 is 14.7 Å². The third-order valence-corrected chi connectivity index (χ3v) is 4.79. The van der Waals surface area contributed by atoms with Crippen molar-refractivity contribution in [3.8, 4) is 11.5 Å². The number of anilines is 1. The molecule has 4 rings (SSSR count). The Bertz CT molecular complexity index is 989. The Balaban J connectivity index is 0.000000403. The van der Waals surface area contributed by atoms with Gasteiger partial charge in [0.2, 0.25) is 0 Å². The smallest absolute Gasteiger partial charge is 0.394 e. The molecule has 150 valence electrons. The molecule has 1 fully saturated rings. The summed E-state index contributed by atoms with van der Waals surface area (Å²) in [6.45, 7) is 4.08. The maximum atomic E-state index is 11.9. The van der Waals surface area contributed by atoms with Crippen LogP contribution in [0.2, 0.25) is 0 Å². The third-order valence-electron chi connectivity index (χ3n) is 4.79. The monoisotopic (exact) mass is 407 g/mol. The molecule has 9 heteroatoms. The zero-order valence-corrected chi connectivity index (χ0v) is 16.0. The van der Waals surface area contributed by atoms with E-state index >= 15 is 0 Å². The van der Waals surface area contributed by atoms with Crippen molar-refractivity contribution in [1.29, 1.82) is 0 Å². The summed E-state index contributed by atoms with van der Waals surface area (Å²) >= 11 is 0. The molecule has 1 atom stereocenters. The first-order chi connectivity index (χ1) is 13.1. The van der Waals surface area contributed by atoms with Crippen molar-refractivity contribution >= 4 is 22.1 Å². The summed E-state index contributed by atoms with van der Waals surface area (Å²) in [5, 5.41) is 9.77. The van der Waals surface area contributed by atoms with Gasteiger partial charge in [-0.05, 0) is 37.5 Å². The fourth-order valence-corrected chi connectivity index (χ4v) is 3.70. The van der Waals surface area contributed by atoms with E-state index in [9.17, 15) is 9.90 Å². The predicted octanol–water partition coefficient (Wildman–Crippen LogP) is 3.26. The number of aryl methyl sites for hydroxylation is 1. The fraction of sp³-hybridized carbons (Fsp3) is 0.316. The molecule has 0 bridgehead atoms. The molecule has 8 nitrogen and oxygen atoms in total. The molecule has 0 aliphatic carbocycles. The fourth-order valence-electron chi connectivity index (χ4n) is 3.70. The van der Waals surface area contributed by atoms with E-state index in [1.54, 1.807) is 0 Å². The summed E-state index contributed by atoms with van der Waals surface area (Å²) in [6.07, 6.45) is 2.41. The van der Waals surface area contributed by atoms with Crippen molar-refractivity contribution in [1.82, 2.24) is 0 Å². The summed E-state index contributed by atoms with van der Waals surface area (Å²) in [7, 11) is -4.67. The minimum absolute atomic E-state index is 0.644. The van der Waals surface area contributed by atoms with Crippen LogP contribution in [0.25, 0.3) is 0 Å². The van der Waals surface area contributed by atoms with E-state index in [-0.39, 0.29) is 0 Å². The Morgan fingerprint density at radius 3 is 2.32 bits per heavy atom. The van der Waals surface area contributed by atoms with Crippen LogP contribution >= 0.6 is 0 Å². The molecule has 1 saturated heterocycles. The van der Waals surface area contributed by atoms with E-state index < -0.39 is 22.3 Å². The van der Waals surface area contributed by atoms with Gasteiger partial charge in [-0.15, -0.1) is 0 Å². The summed E-state index contributed by atoms with van der Waals surface area (Å²) in [5.74, 6) is -0.176. The van der Waals surface area contributed by atoms with Crippen molar-refractivity contribution in [2.45, 2.75) is 25.7 Å². The van der Waals surface area contributed by atoms with E-state index in [2.05, 4.69) is 11.0 Å². The number of hydrogen-bond donors (Lipinski definition) is 3. The molecule has 1 unspecified atom stereocenters. The van der Waals surface area contributed by atoms with Crippen LogP contribution in [0.3, 0.4) is 0 Å². The summed E-state index contributed by atoms with van der Waals surface area (Å²) in [4.78, 5) is 14.2. The minimum Gasteiger partial charge on any atom is -0.481 e. The largest absolute Gasteiger partial charge is 0.481 e. The van der Waals surface area contributed by atoms with Crippen molar-refractivity contribution in [2.75, 3.05) is 18.0 Å². The van der Waals surface area contributed by atoms with Crippen molar-refractivity contribution in [2.24, 2.45) is 0 Å². The first kappa shape index (κ1) is 20.1. The van der Waals surface area contributed by atoms with Gasteiger partial charge in [0.1, 0.15) is 17.4 Å². The van der Waals surface area contributed by atoms with Gasteiger partial charge in [0, 0.05) is 36.0 Å². The van der Waals surface area contributed by atoms with E-state index in [4.69, 9.17) is 22.3 Å². The zero-order chi connectivity index (χ0) is 20.5. The second-order valence-electron chi connectivity index (χ2n) is 6.73. The summed E-state index contributed by atoms with van der Waals surface area (Å²) in [5.41, 5.74) is 3.61. The average molecular weight is 407 g/mol. The van der Waals surface area contributed by atoms with Gasteiger partial charge in [-0.3, -0.25) is 13.9 Å². The molecule has 0 amide bonds. The molecule has 2 aromatic rings. The van der Waals surface area contributed by atoms with Gasteiger partial charge in [-0.2, -0.15) is 8.42 Å². The third kappa shape index (κ3) is 4.44. The number of ether oxygens (including phenoxy) is 1. The number of benzene rings is 2. The standard InChI is InChI=1S/C19H19NO3.H2O4S/c1-12-10-13(20-8-4-5-9-20)11-16-17(12)18(19(21)22)14-6-2-3-7-15(14)23-16;1-5(2,3)4/h2-3,6-7,10-11,18H,4-5,8-9H2,1H3,(H,21,22);(H2,1,2,3,4). The highest BCUT2D eigenvalue weighted by Crippen LogP contribution is 2.47. The van der Waals surface area contributed by atoms with Crippen LogP contribution in [0.1, 0.15) is 35.4 Å². The lowest BCUT2D eigenvalue weighted by Gasteiger charge is -2.29. The Hall–Kier alpha value is -2.62. The van der Waals surface area contributed by atoms with Gasteiger partial charge >= 0.3 is 16.4 Å². The normalized spacial score (nSPS) is 17.7. The van der Waals surface area contributed by atoms with E-state index in [1.807, 2.05) is 37.3 Å². The Morgan fingerprint density at radius 2 is 1.71 bits per heavy atom. The first-order valence-corrected chi connectivity index (χ1v) is 10.1. The lowest BCUT2D eigenvalue weighted by atomic mass is 9.85. The number of carbonyl (C=O) groups is 1. The van der Waals surface area contributed by atoms with Crippen LogP contribution in [0, 0.1) is 6.92 Å². The molecule has 28 heavy (non-hydrogen) atoms. The van der Waals surface area contributed by atoms with Crippen LogP contribution < -0.4 is 9.64 Å². The number of hydrogen-bond acceptors (Lipinski definition) is 5. The van der Waals surface area contributed by atoms with Crippen LogP contribution in [-0.4, -0.2) is 41.7 Å². The van der Waals surface area contributed by atoms with Crippen LogP contribution in [-0.2, 0) is 15.2 Å². The second kappa shape index (κ2) is 7.78. The van der Waals surface area contributed by atoms with Crippen LogP contribution in [0.5, 0.6) is 11.5 Å². The number of para-hydroxylation sites is 1. The van der Waals surface area contributed by atoms with E-state index in [0.29, 0.717) is 11.5 Å². The molecule has 2 aromatic carbocycles. The highest BCUT2D eigenvalue weighted by Gasteiger charge is 2.34. The number of carboxylic acids is 1. The van der Waals surface area contributed by atoms with Gasteiger partial charge in [0.25, 0.3) is 0 Å². The molecule has 2 heterocycles. The summed E-state index contributed by atoms with van der Waals surface area (Å²) in [6, 6.07) is 11.5. The average Bonchev–Trinajstić information content (AvgIpc) is 3.12. The lowest BCUT2D eigenvalue weighted by molar-refractivity contribution is -0.137. The maximum Gasteiger partial charge on any atom is 0.394 e. The van der Waals surface area contributed by atoms with Crippen LogP contribution in [0.4, 0.5) is 5.69 Å². The second-order valence-corrected chi connectivity index (χ2v) is 7.62. The number of rotatable bonds is 2. The Labute approximate surface area is 162 Å². The molecule has 2 aliphatic rings. The topological polar surface area (TPSA) is 124 Å². The van der Waals surface area contributed by atoms with Gasteiger partial charge in [-0.25, -0.2) is 0 Å². The molecule has 0 saturated carbocycles. The number of nitrogens with zero attached hydrogens (tertiary/aromatic N) is 1. The van der Waals surface area contributed by atoms with Gasteiger partial charge in [0.05, 0.1) is 0 Å². The minimum atomic E-state index is -4.67. The van der Waals surface area contributed by atoms with Crippen molar-refractivity contribution < 1.29 is 32.2 Å². The highest BCUT2D eigenvalue weighted by atomic mass is 32.3. The van der Waals surface area contributed by atoms with Gasteiger partial charge in [0.15, 0.2) is 0 Å². The predicted molar refractivity (Wildman–Crippen MR) is 103 cm³/mol. The lowest BCUT2D eigenvalue weighted by Crippen LogP contribution is -2.22. The number of aliphatic carboxylic acids is 1. The van der Waals surface area contributed by atoms with E-state index in [0.717, 1.165) is 35.5 Å². The molecule has 3 N–H and O–H groups in total. The van der Waals surface area contributed by atoms with Crippen molar-refractivity contribution in [3.05, 3.63) is 53.1 Å². The number of fused-ring (bicyclic) bond motifs is 2.